The highest BCUT2D eigenvalue weighted by molar-refractivity contribution is 5.85. The van der Waals surface area contributed by atoms with Crippen molar-refractivity contribution in [3.8, 4) is 0 Å². The number of amides is 1. The molecule has 102 valence electrons. The van der Waals surface area contributed by atoms with Crippen LogP contribution in [0.25, 0.3) is 0 Å². The molecular formula is C12H21ClN4O. The van der Waals surface area contributed by atoms with Crippen molar-refractivity contribution in [1.29, 1.82) is 0 Å². The lowest BCUT2D eigenvalue weighted by atomic mass is 9.99. The summed E-state index contributed by atoms with van der Waals surface area (Å²) in [7, 11) is 0. The van der Waals surface area contributed by atoms with E-state index in [1.54, 1.807) is 12.3 Å². The van der Waals surface area contributed by atoms with Gasteiger partial charge in [0.1, 0.15) is 5.82 Å². The van der Waals surface area contributed by atoms with Crippen molar-refractivity contribution < 1.29 is 4.79 Å². The van der Waals surface area contributed by atoms with Crippen LogP contribution < -0.4 is 11.1 Å². The summed E-state index contributed by atoms with van der Waals surface area (Å²) in [5.41, 5.74) is 6.61. The predicted molar refractivity (Wildman–Crippen MR) is 73.3 cm³/mol. The topological polar surface area (TPSA) is 80.9 Å². The summed E-state index contributed by atoms with van der Waals surface area (Å²) in [6.45, 7) is 6.20. The van der Waals surface area contributed by atoms with Crippen molar-refractivity contribution in [2.45, 2.75) is 39.8 Å². The number of nitrogens with one attached hydrogen (secondary N) is 1. The fourth-order valence-corrected chi connectivity index (χ4v) is 1.41. The van der Waals surface area contributed by atoms with E-state index in [1.807, 2.05) is 20.8 Å². The molecule has 1 amide bonds. The van der Waals surface area contributed by atoms with Crippen molar-refractivity contribution >= 4 is 18.3 Å². The molecule has 6 heteroatoms. The Morgan fingerprint density at radius 3 is 2.78 bits per heavy atom. The van der Waals surface area contributed by atoms with E-state index in [0.717, 1.165) is 12.1 Å². The van der Waals surface area contributed by atoms with Crippen LogP contribution in [0.3, 0.4) is 0 Å². The standard InChI is InChI=1S/C12H20N4O.ClH/c1-4-8(2)11(13)12(17)15-7-10-5-6-14-9(3)16-10;/h5-6,8,11H,4,7,13H2,1-3H3,(H,15,17);1H. The number of hydrogen-bond donors (Lipinski definition) is 2. The molecular weight excluding hydrogens is 252 g/mol. The summed E-state index contributed by atoms with van der Waals surface area (Å²) in [5.74, 6) is 0.751. The average molecular weight is 273 g/mol. The zero-order valence-corrected chi connectivity index (χ0v) is 11.8. The number of nitrogens with zero attached hydrogens (tertiary/aromatic N) is 2. The van der Waals surface area contributed by atoms with Crippen LogP contribution in [0.4, 0.5) is 0 Å². The Hall–Kier alpha value is -1.20. The predicted octanol–water partition coefficient (Wildman–Crippen LogP) is 1.20. The highest BCUT2D eigenvalue weighted by atomic mass is 35.5. The lowest BCUT2D eigenvalue weighted by Crippen LogP contribution is -2.44. The van der Waals surface area contributed by atoms with Crippen LogP contribution in [0.15, 0.2) is 12.3 Å². The molecule has 1 aromatic heterocycles. The normalized spacial score (nSPS) is 13.3. The smallest absolute Gasteiger partial charge is 0.237 e. The average Bonchev–Trinajstić information content (AvgIpc) is 2.34. The quantitative estimate of drug-likeness (QED) is 0.844. The molecule has 18 heavy (non-hydrogen) atoms. The molecule has 1 aromatic rings. The summed E-state index contributed by atoms with van der Waals surface area (Å²) in [6.07, 6.45) is 2.57. The van der Waals surface area contributed by atoms with Gasteiger partial charge in [-0.05, 0) is 18.9 Å². The van der Waals surface area contributed by atoms with Crippen molar-refractivity contribution in [2.24, 2.45) is 11.7 Å². The van der Waals surface area contributed by atoms with Crippen LogP contribution in [-0.4, -0.2) is 21.9 Å². The molecule has 0 fully saturated rings. The van der Waals surface area contributed by atoms with Crippen LogP contribution in [-0.2, 0) is 11.3 Å². The third-order valence-corrected chi connectivity index (χ3v) is 2.84. The fourth-order valence-electron chi connectivity index (χ4n) is 1.41. The van der Waals surface area contributed by atoms with E-state index in [2.05, 4.69) is 15.3 Å². The van der Waals surface area contributed by atoms with Gasteiger partial charge in [-0.1, -0.05) is 20.3 Å². The molecule has 3 N–H and O–H groups in total. The van der Waals surface area contributed by atoms with E-state index in [4.69, 9.17) is 5.73 Å². The molecule has 0 spiro atoms. The zero-order chi connectivity index (χ0) is 12.8. The lowest BCUT2D eigenvalue weighted by Gasteiger charge is -2.17. The van der Waals surface area contributed by atoms with Gasteiger partial charge in [-0.3, -0.25) is 4.79 Å². The fraction of sp³-hybridized carbons (Fsp3) is 0.583. The molecule has 0 aliphatic heterocycles. The van der Waals surface area contributed by atoms with Crippen LogP contribution in [0.2, 0.25) is 0 Å². The third-order valence-electron chi connectivity index (χ3n) is 2.84. The van der Waals surface area contributed by atoms with E-state index in [1.165, 1.54) is 0 Å². The van der Waals surface area contributed by atoms with E-state index < -0.39 is 6.04 Å². The molecule has 0 radical (unpaired) electrons. The van der Waals surface area contributed by atoms with Crippen LogP contribution in [0.5, 0.6) is 0 Å². The summed E-state index contributed by atoms with van der Waals surface area (Å²) < 4.78 is 0. The largest absolute Gasteiger partial charge is 0.349 e. The minimum Gasteiger partial charge on any atom is -0.349 e. The Kier molecular flexibility index (Phi) is 7.47. The van der Waals surface area contributed by atoms with Crippen molar-refractivity contribution in [2.75, 3.05) is 0 Å². The van der Waals surface area contributed by atoms with Crippen molar-refractivity contribution in [3.63, 3.8) is 0 Å². The van der Waals surface area contributed by atoms with E-state index in [0.29, 0.717) is 12.4 Å². The molecule has 0 bridgehead atoms. The number of rotatable bonds is 5. The van der Waals surface area contributed by atoms with Gasteiger partial charge in [-0.2, -0.15) is 0 Å². The van der Waals surface area contributed by atoms with E-state index in [-0.39, 0.29) is 24.2 Å². The number of aromatic nitrogens is 2. The maximum absolute atomic E-state index is 11.7. The molecule has 1 rings (SSSR count). The first-order valence-electron chi connectivity index (χ1n) is 5.86. The van der Waals surface area contributed by atoms with Gasteiger partial charge in [0.2, 0.25) is 5.91 Å². The first-order valence-corrected chi connectivity index (χ1v) is 5.86. The first kappa shape index (κ1) is 16.8. The molecule has 2 unspecified atom stereocenters. The number of carbonyl (C=O) groups is 1. The maximum Gasteiger partial charge on any atom is 0.237 e. The third kappa shape index (κ3) is 4.98. The number of aryl methyl sites for hydroxylation is 1. The summed E-state index contributed by atoms with van der Waals surface area (Å²) in [6, 6.07) is 1.32. The first-order chi connectivity index (χ1) is 8.04. The Morgan fingerprint density at radius 1 is 1.56 bits per heavy atom. The molecule has 1 heterocycles. The monoisotopic (exact) mass is 272 g/mol. The lowest BCUT2D eigenvalue weighted by molar-refractivity contribution is -0.123. The Bertz CT molecular complexity index is 386. The Morgan fingerprint density at radius 2 is 2.22 bits per heavy atom. The zero-order valence-electron chi connectivity index (χ0n) is 11.0. The molecule has 2 atom stereocenters. The minimum absolute atomic E-state index is 0. The molecule has 0 aromatic carbocycles. The summed E-state index contributed by atoms with van der Waals surface area (Å²) >= 11 is 0. The minimum atomic E-state index is -0.456. The second kappa shape index (κ2) is 8.00. The number of carbonyl (C=O) groups excluding carboxylic acids is 1. The van der Waals surface area contributed by atoms with Crippen LogP contribution in [0.1, 0.15) is 31.8 Å². The van der Waals surface area contributed by atoms with Gasteiger partial charge < -0.3 is 11.1 Å². The number of nitrogens with two attached hydrogens (primary N) is 1. The summed E-state index contributed by atoms with van der Waals surface area (Å²) in [4.78, 5) is 19.9. The second-order valence-electron chi connectivity index (χ2n) is 4.22. The van der Waals surface area contributed by atoms with E-state index in [9.17, 15) is 4.79 Å². The van der Waals surface area contributed by atoms with Gasteiger partial charge in [0.25, 0.3) is 0 Å². The molecule has 0 saturated carbocycles. The van der Waals surface area contributed by atoms with Gasteiger partial charge in [0, 0.05) is 6.20 Å². The summed E-state index contributed by atoms with van der Waals surface area (Å²) in [5, 5.41) is 2.79. The van der Waals surface area contributed by atoms with Gasteiger partial charge in [-0.15, -0.1) is 12.4 Å². The van der Waals surface area contributed by atoms with Gasteiger partial charge in [-0.25, -0.2) is 9.97 Å². The van der Waals surface area contributed by atoms with Gasteiger partial charge in [0.15, 0.2) is 0 Å². The number of hydrogen-bond acceptors (Lipinski definition) is 4. The van der Waals surface area contributed by atoms with Gasteiger partial charge >= 0.3 is 0 Å². The van der Waals surface area contributed by atoms with E-state index >= 15 is 0 Å². The molecule has 0 saturated heterocycles. The Labute approximate surface area is 114 Å². The van der Waals surface area contributed by atoms with Crippen LogP contribution in [0, 0.1) is 12.8 Å². The van der Waals surface area contributed by atoms with Crippen molar-refractivity contribution in [1.82, 2.24) is 15.3 Å². The highest BCUT2D eigenvalue weighted by Gasteiger charge is 2.18. The molecule has 0 aliphatic carbocycles. The van der Waals surface area contributed by atoms with Gasteiger partial charge in [0.05, 0.1) is 18.3 Å². The molecule has 0 aliphatic rings. The Balaban J connectivity index is 0.00000289. The second-order valence-corrected chi connectivity index (χ2v) is 4.22. The SMILES string of the molecule is CCC(C)C(N)C(=O)NCc1ccnc(C)n1.Cl. The van der Waals surface area contributed by atoms with Crippen molar-refractivity contribution in [3.05, 3.63) is 23.8 Å². The maximum atomic E-state index is 11.7. The molecule has 5 nitrogen and oxygen atoms in total. The highest BCUT2D eigenvalue weighted by Crippen LogP contribution is 2.05. The number of halogens is 1. The van der Waals surface area contributed by atoms with Crippen LogP contribution >= 0.6 is 12.4 Å².